The molecule has 1 atom stereocenters. The molecule has 2 aromatic carbocycles. The van der Waals surface area contributed by atoms with Crippen LogP contribution in [0.25, 0.3) is 0 Å². The maximum Gasteiger partial charge on any atom is 0.256 e. The van der Waals surface area contributed by atoms with Crippen molar-refractivity contribution in [3.05, 3.63) is 83.6 Å². The summed E-state index contributed by atoms with van der Waals surface area (Å²) in [6, 6.07) is 20.0. The Kier molecular flexibility index (Phi) is 4.89. The van der Waals surface area contributed by atoms with Gasteiger partial charge in [-0.25, -0.2) is 0 Å². The Balaban J connectivity index is 1.66. The highest BCUT2D eigenvalue weighted by Gasteiger charge is 2.35. The van der Waals surface area contributed by atoms with Gasteiger partial charge < -0.3 is 9.64 Å². The summed E-state index contributed by atoms with van der Waals surface area (Å²) < 4.78 is 5.87. The number of nitrogens with zero attached hydrogens (tertiary/aromatic N) is 1. The zero-order chi connectivity index (χ0) is 16.1. The summed E-state index contributed by atoms with van der Waals surface area (Å²) >= 11 is 0. The fourth-order valence-corrected chi connectivity index (χ4v) is 2.82. The second-order valence-corrected chi connectivity index (χ2v) is 5.68. The van der Waals surface area contributed by atoms with Crippen molar-refractivity contribution in [2.75, 3.05) is 0 Å². The van der Waals surface area contributed by atoms with Gasteiger partial charge in [-0.05, 0) is 18.1 Å². The maximum atomic E-state index is 12.7. The van der Waals surface area contributed by atoms with Crippen LogP contribution in [0, 0.1) is 0 Å². The number of likely N-dealkylation sites (tertiary alicyclic amines) is 1. The van der Waals surface area contributed by atoms with E-state index >= 15 is 0 Å². The van der Waals surface area contributed by atoms with Crippen LogP contribution in [0.2, 0.25) is 0 Å². The first-order valence-corrected chi connectivity index (χ1v) is 7.94. The molecular formula is C20H21NO2. The standard InChI is InChI=1S/C20H21NO2/c1-2-18-13-19(23-15-17-11-7-4-8-12-17)20(22)21(18)14-16-9-5-3-6-10-16/h2-12,19H,13-15H2,1H3/b18-2+/t19-/m0/s1. The summed E-state index contributed by atoms with van der Waals surface area (Å²) in [5.74, 6) is 0.0536. The minimum absolute atomic E-state index is 0.0536. The van der Waals surface area contributed by atoms with E-state index in [1.54, 1.807) is 0 Å². The molecule has 0 unspecified atom stereocenters. The van der Waals surface area contributed by atoms with E-state index in [1.807, 2.05) is 78.6 Å². The van der Waals surface area contributed by atoms with Crippen molar-refractivity contribution in [2.45, 2.75) is 32.6 Å². The molecule has 1 aliphatic rings. The molecule has 0 radical (unpaired) electrons. The van der Waals surface area contributed by atoms with E-state index in [1.165, 1.54) is 0 Å². The zero-order valence-corrected chi connectivity index (χ0v) is 13.3. The molecule has 23 heavy (non-hydrogen) atoms. The van der Waals surface area contributed by atoms with Crippen LogP contribution >= 0.6 is 0 Å². The van der Waals surface area contributed by atoms with Crippen LogP contribution in [0.1, 0.15) is 24.5 Å². The Morgan fingerprint density at radius 2 is 1.65 bits per heavy atom. The first-order valence-electron chi connectivity index (χ1n) is 7.94. The van der Waals surface area contributed by atoms with Gasteiger partial charge in [-0.2, -0.15) is 0 Å². The Labute approximate surface area is 137 Å². The largest absolute Gasteiger partial charge is 0.363 e. The SMILES string of the molecule is C/C=C1\C[C@H](OCc2ccccc2)C(=O)N1Cc1ccccc1. The van der Waals surface area contributed by atoms with Crippen molar-refractivity contribution in [1.29, 1.82) is 0 Å². The summed E-state index contributed by atoms with van der Waals surface area (Å²) in [4.78, 5) is 14.5. The monoisotopic (exact) mass is 307 g/mol. The molecule has 118 valence electrons. The van der Waals surface area contributed by atoms with E-state index < -0.39 is 0 Å². The molecule has 0 N–H and O–H groups in total. The molecule has 3 heteroatoms. The summed E-state index contributed by atoms with van der Waals surface area (Å²) in [5.41, 5.74) is 3.25. The van der Waals surface area contributed by atoms with E-state index in [-0.39, 0.29) is 12.0 Å². The molecule has 0 spiro atoms. The summed E-state index contributed by atoms with van der Waals surface area (Å²) in [6.45, 7) is 3.04. The molecule has 0 aliphatic carbocycles. The molecule has 0 aromatic heterocycles. The molecule has 3 rings (SSSR count). The molecule has 1 amide bonds. The number of ether oxygens (including phenoxy) is 1. The van der Waals surface area contributed by atoms with E-state index in [9.17, 15) is 4.79 Å². The van der Waals surface area contributed by atoms with E-state index in [2.05, 4.69) is 0 Å². The van der Waals surface area contributed by atoms with Gasteiger partial charge in [-0.1, -0.05) is 66.7 Å². The quantitative estimate of drug-likeness (QED) is 0.838. The number of allylic oxidation sites excluding steroid dienone is 1. The smallest absolute Gasteiger partial charge is 0.256 e. The maximum absolute atomic E-state index is 12.7. The van der Waals surface area contributed by atoms with Crippen LogP contribution in [0.4, 0.5) is 0 Å². The first-order chi connectivity index (χ1) is 11.3. The highest BCUT2D eigenvalue weighted by Crippen LogP contribution is 2.27. The van der Waals surface area contributed by atoms with Crippen molar-refractivity contribution in [3.8, 4) is 0 Å². The van der Waals surface area contributed by atoms with E-state index in [0.29, 0.717) is 19.6 Å². The molecule has 1 aliphatic heterocycles. The number of hydrogen-bond donors (Lipinski definition) is 0. The van der Waals surface area contributed by atoms with E-state index in [0.717, 1.165) is 16.8 Å². The van der Waals surface area contributed by atoms with E-state index in [4.69, 9.17) is 4.74 Å². The Morgan fingerprint density at radius 3 is 2.26 bits per heavy atom. The van der Waals surface area contributed by atoms with Gasteiger partial charge in [-0.15, -0.1) is 0 Å². The fourth-order valence-electron chi connectivity index (χ4n) is 2.82. The molecule has 2 aromatic rings. The second-order valence-electron chi connectivity index (χ2n) is 5.68. The lowest BCUT2D eigenvalue weighted by Gasteiger charge is -2.18. The first kappa shape index (κ1) is 15.5. The predicted octanol–water partition coefficient (Wildman–Crippen LogP) is 3.91. The van der Waals surface area contributed by atoms with Crippen LogP contribution < -0.4 is 0 Å². The third-order valence-electron chi connectivity index (χ3n) is 4.09. The Bertz CT molecular complexity index is 679. The van der Waals surface area contributed by atoms with Crippen molar-refractivity contribution < 1.29 is 9.53 Å². The number of carbonyl (C=O) groups is 1. The second kappa shape index (κ2) is 7.25. The number of rotatable bonds is 5. The normalized spacial score (nSPS) is 19.5. The lowest BCUT2D eigenvalue weighted by atomic mass is 10.2. The molecule has 0 bridgehead atoms. The number of benzene rings is 2. The molecule has 3 nitrogen and oxygen atoms in total. The summed E-state index contributed by atoms with van der Waals surface area (Å²) in [7, 11) is 0. The lowest BCUT2D eigenvalue weighted by molar-refractivity contribution is -0.137. The van der Waals surface area contributed by atoms with Crippen molar-refractivity contribution in [3.63, 3.8) is 0 Å². The fraction of sp³-hybridized carbons (Fsp3) is 0.250. The molecular weight excluding hydrogens is 286 g/mol. The third-order valence-corrected chi connectivity index (χ3v) is 4.09. The van der Waals surface area contributed by atoms with Crippen molar-refractivity contribution in [2.24, 2.45) is 0 Å². The van der Waals surface area contributed by atoms with Gasteiger partial charge in [-0.3, -0.25) is 4.79 Å². The number of carbonyl (C=O) groups excluding carboxylic acids is 1. The number of amides is 1. The minimum Gasteiger partial charge on any atom is -0.363 e. The predicted molar refractivity (Wildman–Crippen MR) is 90.4 cm³/mol. The Morgan fingerprint density at radius 1 is 1.04 bits per heavy atom. The average molecular weight is 307 g/mol. The highest BCUT2D eigenvalue weighted by molar-refractivity contribution is 5.86. The van der Waals surface area contributed by atoms with Gasteiger partial charge in [0, 0.05) is 12.1 Å². The molecule has 1 heterocycles. The van der Waals surface area contributed by atoms with Gasteiger partial charge in [0.05, 0.1) is 13.2 Å². The Hall–Kier alpha value is -2.39. The lowest BCUT2D eigenvalue weighted by Crippen LogP contribution is -2.29. The zero-order valence-electron chi connectivity index (χ0n) is 13.3. The minimum atomic E-state index is -0.384. The third kappa shape index (κ3) is 3.69. The summed E-state index contributed by atoms with van der Waals surface area (Å²) in [5, 5.41) is 0. The number of hydrogen-bond acceptors (Lipinski definition) is 2. The van der Waals surface area contributed by atoms with Gasteiger partial charge in [0.1, 0.15) is 6.10 Å². The average Bonchev–Trinajstić information content (AvgIpc) is 2.90. The van der Waals surface area contributed by atoms with Crippen LogP contribution in [-0.4, -0.2) is 16.9 Å². The molecule has 1 fully saturated rings. The topological polar surface area (TPSA) is 29.5 Å². The van der Waals surface area contributed by atoms with Crippen LogP contribution in [-0.2, 0) is 22.7 Å². The summed E-state index contributed by atoms with van der Waals surface area (Å²) in [6.07, 6.45) is 2.27. The van der Waals surface area contributed by atoms with Gasteiger partial charge in [0.15, 0.2) is 0 Å². The van der Waals surface area contributed by atoms with Crippen LogP contribution in [0.3, 0.4) is 0 Å². The highest BCUT2D eigenvalue weighted by atomic mass is 16.5. The molecule has 1 saturated heterocycles. The van der Waals surface area contributed by atoms with Gasteiger partial charge in [0.25, 0.3) is 5.91 Å². The van der Waals surface area contributed by atoms with Crippen LogP contribution in [0.5, 0.6) is 0 Å². The molecule has 0 saturated carbocycles. The van der Waals surface area contributed by atoms with Crippen molar-refractivity contribution in [1.82, 2.24) is 4.90 Å². The van der Waals surface area contributed by atoms with Crippen LogP contribution in [0.15, 0.2) is 72.4 Å². The van der Waals surface area contributed by atoms with Crippen molar-refractivity contribution >= 4 is 5.91 Å². The van der Waals surface area contributed by atoms with Gasteiger partial charge in [0.2, 0.25) is 0 Å². The van der Waals surface area contributed by atoms with Gasteiger partial charge >= 0.3 is 0 Å².